The van der Waals surface area contributed by atoms with E-state index in [4.69, 9.17) is 5.84 Å². The molecule has 5 heteroatoms. The number of aromatic nitrogens is 1. The molecule has 0 aliphatic heterocycles. The van der Waals surface area contributed by atoms with Crippen LogP contribution in [0.5, 0.6) is 0 Å². The number of hydrazine groups is 1. The van der Waals surface area contributed by atoms with E-state index in [0.29, 0.717) is 0 Å². The molecule has 3 N–H and O–H groups in total. The van der Waals surface area contributed by atoms with Crippen molar-refractivity contribution < 1.29 is 0 Å². The van der Waals surface area contributed by atoms with Crippen LogP contribution in [0.2, 0.25) is 0 Å². The Hall–Kier alpha value is -0.750. The highest BCUT2D eigenvalue weighted by atomic mass is 32.1. The summed E-state index contributed by atoms with van der Waals surface area (Å²) < 4.78 is 0. The maximum Gasteiger partial charge on any atom is 0.0795 e. The number of thiazole rings is 1. The van der Waals surface area contributed by atoms with Crippen molar-refractivity contribution in [2.75, 3.05) is 0 Å². The molecule has 0 fully saturated rings. The summed E-state index contributed by atoms with van der Waals surface area (Å²) in [7, 11) is 0. The molecule has 2 rings (SSSR count). The first-order valence-electron chi connectivity index (χ1n) is 4.25. The van der Waals surface area contributed by atoms with E-state index in [-0.39, 0.29) is 6.04 Å². The fourth-order valence-electron chi connectivity index (χ4n) is 1.29. The highest BCUT2D eigenvalue weighted by Crippen LogP contribution is 2.18. The van der Waals surface area contributed by atoms with Crippen LogP contribution in [0.3, 0.4) is 0 Å². The summed E-state index contributed by atoms with van der Waals surface area (Å²) >= 11 is 3.29. The molecule has 0 aromatic carbocycles. The Morgan fingerprint density at radius 2 is 2.36 bits per heavy atom. The van der Waals surface area contributed by atoms with E-state index >= 15 is 0 Å². The van der Waals surface area contributed by atoms with Crippen LogP contribution in [-0.4, -0.2) is 4.98 Å². The van der Waals surface area contributed by atoms with Crippen LogP contribution in [0.25, 0.3) is 0 Å². The lowest BCUT2D eigenvalue weighted by Gasteiger charge is -2.11. The Balaban J connectivity index is 2.08. The number of nitrogens with one attached hydrogen (secondary N) is 1. The lowest BCUT2D eigenvalue weighted by atomic mass is 10.1. The second kappa shape index (κ2) is 4.65. The van der Waals surface area contributed by atoms with Crippen molar-refractivity contribution in [2.45, 2.75) is 12.5 Å². The third kappa shape index (κ3) is 2.19. The largest absolute Gasteiger partial charge is 0.271 e. The molecular formula is C9H11N3S2. The molecule has 1 atom stereocenters. The molecule has 1 unspecified atom stereocenters. The lowest BCUT2D eigenvalue weighted by molar-refractivity contribution is 0.541. The number of rotatable bonds is 4. The zero-order chi connectivity index (χ0) is 9.80. The number of hydrogen-bond donors (Lipinski definition) is 2. The van der Waals surface area contributed by atoms with Gasteiger partial charge in [0, 0.05) is 5.38 Å². The quantitative estimate of drug-likeness (QED) is 0.617. The van der Waals surface area contributed by atoms with Gasteiger partial charge in [0.1, 0.15) is 0 Å². The third-order valence-electron chi connectivity index (χ3n) is 2.03. The summed E-state index contributed by atoms with van der Waals surface area (Å²) in [6, 6.07) is 2.23. The lowest BCUT2D eigenvalue weighted by Crippen LogP contribution is -2.29. The van der Waals surface area contributed by atoms with Crippen LogP contribution < -0.4 is 11.3 Å². The van der Waals surface area contributed by atoms with Gasteiger partial charge >= 0.3 is 0 Å². The molecule has 0 spiro atoms. The highest BCUT2D eigenvalue weighted by molar-refractivity contribution is 7.08. The molecule has 2 aromatic heterocycles. The minimum Gasteiger partial charge on any atom is -0.271 e. The first kappa shape index (κ1) is 9.79. The number of nitrogens with zero attached hydrogens (tertiary/aromatic N) is 1. The molecule has 0 amide bonds. The Morgan fingerprint density at radius 1 is 1.43 bits per heavy atom. The van der Waals surface area contributed by atoms with E-state index in [9.17, 15) is 0 Å². The maximum absolute atomic E-state index is 5.50. The van der Waals surface area contributed by atoms with Gasteiger partial charge in [-0.15, -0.1) is 11.3 Å². The molecule has 0 aliphatic carbocycles. The van der Waals surface area contributed by atoms with E-state index < -0.39 is 0 Å². The minimum atomic E-state index is 0.121. The second-order valence-corrected chi connectivity index (χ2v) is 4.47. The van der Waals surface area contributed by atoms with Crippen molar-refractivity contribution >= 4 is 22.7 Å². The molecule has 74 valence electrons. The van der Waals surface area contributed by atoms with Gasteiger partial charge in [-0.25, -0.2) is 4.98 Å². The van der Waals surface area contributed by atoms with Crippen molar-refractivity contribution in [3.8, 4) is 0 Å². The van der Waals surface area contributed by atoms with E-state index in [1.54, 1.807) is 22.7 Å². The summed E-state index contributed by atoms with van der Waals surface area (Å²) in [5.74, 6) is 5.50. The standard InChI is InChI=1S/C9H11N3S2/c10-12-8(9-5-14-6-11-9)3-7-1-2-13-4-7/h1-2,4-6,8,12H,3,10H2. The van der Waals surface area contributed by atoms with E-state index in [1.165, 1.54) is 5.56 Å². The number of hydrogen-bond acceptors (Lipinski definition) is 5. The zero-order valence-electron chi connectivity index (χ0n) is 7.51. The predicted octanol–water partition coefficient (Wildman–Crippen LogP) is 1.95. The van der Waals surface area contributed by atoms with Gasteiger partial charge in [-0.1, -0.05) is 0 Å². The van der Waals surface area contributed by atoms with Crippen LogP contribution in [0.4, 0.5) is 0 Å². The predicted molar refractivity (Wildman–Crippen MR) is 60.2 cm³/mol. The molecular weight excluding hydrogens is 214 g/mol. The first-order valence-corrected chi connectivity index (χ1v) is 6.14. The second-order valence-electron chi connectivity index (χ2n) is 2.97. The maximum atomic E-state index is 5.50. The Kier molecular flexibility index (Phi) is 3.26. The van der Waals surface area contributed by atoms with Crippen LogP contribution in [-0.2, 0) is 6.42 Å². The van der Waals surface area contributed by atoms with Gasteiger partial charge in [0.15, 0.2) is 0 Å². The fourth-order valence-corrected chi connectivity index (χ4v) is 2.58. The minimum absolute atomic E-state index is 0.121. The topological polar surface area (TPSA) is 50.9 Å². The summed E-state index contributed by atoms with van der Waals surface area (Å²) in [6.45, 7) is 0. The number of thiophene rings is 1. The van der Waals surface area contributed by atoms with Gasteiger partial charge in [0.25, 0.3) is 0 Å². The van der Waals surface area contributed by atoms with Gasteiger partial charge in [-0.05, 0) is 28.8 Å². The monoisotopic (exact) mass is 225 g/mol. The molecule has 0 saturated carbocycles. The molecule has 0 radical (unpaired) electrons. The average molecular weight is 225 g/mol. The molecule has 3 nitrogen and oxygen atoms in total. The molecule has 0 aliphatic rings. The summed E-state index contributed by atoms with van der Waals surface area (Å²) in [4.78, 5) is 4.25. The zero-order valence-corrected chi connectivity index (χ0v) is 9.15. The van der Waals surface area contributed by atoms with Gasteiger partial charge in [0.05, 0.1) is 17.2 Å². The molecule has 0 saturated heterocycles. The van der Waals surface area contributed by atoms with Gasteiger partial charge in [-0.3, -0.25) is 11.3 Å². The van der Waals surface area contributed by atoms with Crippen LogP contribution in [0.15, 0.2) is 27.7 Å². The van der Waals surface area contributed by atoms with E-state index in [0.717, 1.165) is 12.1 Å². The summed E-state index contributed by atoms with van der Waals surface area (Å²) in [6.07, 6.45) is 0.893. The Bertz CT molecular complexity index is 355. The third-order valence-corrected chi connectivity index (χ3v) is 3.37. The first-order chi connectivity index (χ1) is 6.90. The van der Waals surface area contributed by atoms with Gasteiger partial charge in [0.2, 0.25) is 0 Å². The van der Waals surface area contributed by atoms with Crippen molar-refractivity contribution in [2.24, 2.45) is 5.84 Å². The van der Waals surface area contributed by atoms with Crippen LogP contribution in [0.1, 0.15) is 17.3 Å². The normalized spacial score (nSPS) is 12.9. The van der Waals surface area contributed by atoms with Crippen LogP contribution >= 0.6 is 22.7 Å². The van der Waals surface area contributed by atoms with Gasteiger partial charge < -0.3 is 0 Å². The fraction of sp³-hybridized carbons (Fsp3) is 0.222. The SMILES string of the molecule is NNC(Cc1ccsc1)c1cscn1. The van der Waals surface area contributed by atoms with Gasteiger partial charge in [-0.2, -0.15) is 11.3 Å². The summed E-state index contributed by atoms with van der Waals surface area (Å²) in [5, 5.41) is 6.23. The summed E-state index contributed by atoms with van der Waals surface area (Å²) in [5.41, 5.74) is 6.93. The smallest absolute Gasteiger partial charge is 0.0795 e. The molecule has 14 heavy (non-hydrogen) atoms. The molecule has 0 bridgehead atoms. The highest BCUT2D eigenvalue weighted by Gasteiger charge is 2.12. The van der Waals surface area contributed by atoms with Crippen molar-refractivity contribution in [3.05, 3.63) is 39.0 Å². The molecule has 2 aromatic rings. The number of nitrogens with two attached hydrogens (primary N) is 1. The Morgan fingerprint density at radius 3 is 2.93 bits per heavy atom. The Labute approximate surface area is 90.6 Å². The average Bonchev–Trinajstić information content (AvgIpc) is 2.86. The van der Waals surface area contributed by atoms with Crippen molar-refractivity contribution in [1.29, 1.82) is 0 Å². The van der Waals surface area contributed by atoms with Crippen molar-refractivity contribution in [3.63, 3.8) is 0 Å². The van der Waals surface area contributed by atoms with Crippen molar-refractivity contribution in [1.82, 2.24) is 10.4 Å². The van der Waals surface area contributed by atoms with Crippen LogP contribution in [0, 0.1) is 0 Å². The van der Waals surface area contributed by atoms with E-state index in [2.05, 4.69) is 27.2 Å². The van der Waals surface area contributed by atoms with E-state index in [1.807, 2.05) is 10.9 Å². The molecule has 2 heterocycles.